The van der Waals surface area contributed by atoms with Crippen LogP contribution in [0, 0.1) is 5.92 Å². The summed E-state index contributed by atoms with van der Waals surface area (Å²) in [6.07, 6.45) is 9.78. The van der Waals surface area contributed by atoms with Gasteiger partial charge in [-0.2, -0.15) is 0 Å². The molecule has 2 atom stereocenters. The van der Waals surface area contributed by atoms with Crippen LogP contribution in [0.25, 0.3) is 10.9 Å². The summed E-state index contributed by atoms with van der Waals surface area (Å²) in [5, 5.41) is 11.7. The molecule has 1 aliphatic heterocycles. The highest BCUT2D eigenvalue weighted by molar-refractivity contribution is 5.99. The zero-order chi connectivity index (χ0) is 19.1. The zero-order valence-corrected chi connectivity index (χ0v) is 15.8. The maximum atomic E-state index is 13.1. The van der Waals surface area contributed by atoms with Crippen molar-refractivity contribution in [2.24, 2.45) is 5.92 Å². The third-order valence-electron chi connectivity index (χ3n) is 6.13. The van der Waals surface area contributed by atoms with Gasteiger partial charge < -0.3 is 15.0 Å². The second-order valence-corrected chi connectivity index (χ2v) is 7.99. The molecule has 3 heterocycles. The van der Waals surface area contributed by atoms with Crippen LogP contribution in [0.1, 0.15) is 40.2 Å². The molecule has 0 bridgehead atoms. The fourth-order valence-corrected chi connectivity index (χ4v) is 4.65. The number of β-amino-alcohol motifs (C(OH)–C–C–N with tert-alkyl or cyclic N) is 1. The fraction of sp³-hybridized carbons (Fsp3) is 0.409. The molecular formula is C22H24N4O2. The summed E-state index contributed by atoms with van der Waals surface area (Å²) in [4.78, 5) is 26.7. The molecule has 144 valence electrons. The lowest BCUT2D eigenvalue weighted by atomic mass is 9.95. The van der Waals surface area contributed by atoms with E-state index in [9.17, 15) is 9.90 Å². The number of H-pyrrole nitrogens is 1. The summed E-state index contributed by atoms with van der Waals surface area (Å²) >= 11 is 0. The Bertz CT molecular complexity index is 1010. The fourth-order valence-electron chi connectivity index (χ4n) is 4.65. The van der Waals surface area contributed by atoms with E-state index >= 15 is 0 Å². The SMILES string of the molecule is O=C(c1ccc2c3c([nH]c2c1)CCCC3)N1C[C@@H](Cc2cnccn2)[C@H](O)C1. The van der Waals surface area contributed by atoms with Crippen LogP contribution in [0.15, 0.2) is 36.8 Å². The minimum absolute atomic E-state index is 0.0119. The van der Waals surface area contributed by atoms with Crippen molar-refractivity contribution in [3.05, 3.63) is 59.3 Å². The van der Waals surface area contributed by atoms with Crippen molar-refractivity contribution in [1.82, 2.24) is 19.9 Å². The molecule has 0 spiro atoms. The van der Waals surface area contributed by atoms with Gasteiger partial charge in [-0.3, -0.25) is 14.8 Å². The van der Waals surface area contributed by atoms with Crippen LogP contribution >= 0.6 is 0 Å². The third kappa shape index (κ3) is 3.07. The molecule has 1 aliphatic carbocycles. The molecule has 5 rings (SSSR count). The summed E-state index contributed by atoms with van der Waals surface area (Å²) < 4.78 is 0. The van der Waals surface area contributed by atoms with Crippen molar-refractivity contribution < 1.29 is 9.90 Å². The van der Waals surface area contributed by atoms with E-state index in [0.717, 1.165) is 24.1 Å². The van der Waals surface area contributed by atoms with E-state index in [1.54, 1.807) is 23.5 Å². The lowest BCUT2D eigenvalue weighted by molar-refractivity contribution is 0.0765. The number of fused-ring (bicyclic) bond motifs is 3. The lowest BCUT2D eigenvalue weighted by Crippen LogP contribution is -2.29. The van der Waals surface area contributed by atoms with Gasteiger partial charge >= 0.3 is 0 Å². The highest BCUT2D eigenvalue weighted by Crippen LogP contribution is 2.30. The van der Waals surface area contributed by atoms with E-state index in [2.05, 4.69) is 21.0 Å². The molecule has 0 saturated carbocycles. The highest BCUT2D eigenvalue weighted by Gasteiger charge is 2.34. The minimum atomic E-state index is -0.535. The number of hydrogen-bond acceptors (Lipinski definition) is 4. The summed E-state index contributed by atoms with van der Waals surface area (Å²) in [5.41, 5.74) is 5.32. The average molecular weight is 376 g/mol. The molecule has 1 amide bonds. The van der Waals surface area contributed by atoms with Crippen LogP contribution in [0.4, 0.5) is 0 Å². The molecule has 2 N–H and O–H groups in total. The molecule has 1 aromatic carbocycles. The topological polar surface area (TPSA) is 82.1 Å². The van der Waals surface area contributed by atoms with Crippen LogP contribution in [0.2, 0.25) is 0 Å². The standard InChI is InChI=1S/C22H24N4O2/c27-21-13-26(12-15(21)9-16-11-23-7-8-24-16)22(28)14-5-6-18-17-3-1-2-4-19(17)25-20(18)10-14/h5-8,10-11,15,21,25,27H,1-4,9,12-13H2/t15-,21-/m1/s1. The summed E-state index contributed by atoms with van der Waals surface area (Å²) in [6.45, 7) is 0.902. The van der Waals surface area contributed by atoms with E-state index in [0.29, 0.717) is 25.1 Å². The van der Waals surface area contributed by atoms with Gasteiger partial charge in [0.25, 0.3) is 5.91 Å². The van der Waals surface area contributed by atoms with Crippen LogP contribution in [0.5, 0.6) is 0 Å². The Hall–Kier alpha value is -2.73. The lowest BCUT2D eigenvalue weighted by Gasteiger charge is -2.16. The smallest absolute Gasteiger partial charge is 0.254 e. The first-order valence-electron chi connectivity index (χ1n) is 10.0. The van der Waals surface area contributed by atoms with E-state index in [1.165, 1.54) is 29.5 Å². The number of aromatic nitrogens is 3. The Morgan fingerprint density at radius 2 is 2.11 bits per heavy atom. The molecule has 28 heavy (non-hydrogen) atoms. The first-order valence-corrected chi connectivity index (χ1v) is 10.0. The summed E-state index contributed by atoms with van der Waals surface area (Å²) in [6, 6.07) is 5.97. The quantitative estimate of drug-likeness (QED) is 0.736. The Morgan fingerprint density at radius 3 is 2.96 bits per heavy atom. The average Bonchev–Trinajstić information content (AvgIpc) is 3.28. The Morgan fingerprint density at radius 1 is 1.21 bits per heavy atom. The van der Waals surface area contributed by atoms with Gasteiger partial charge in [0.15, 0.2) is 0 Å². The summed E-state index contributed by atoms with van der Waals surface area (Å²) in [7, 11) is 0. The van der Waals surface area contributed by atoms with E-state index in [1.807, 2.05) is 12.1 Å². The number of aliphatic hydroxyl groups excluding tert-OH is 1. The number of rotatable bonds is 3. The van der Waals surface area contributed by atoms with Gasteiger partial charge in [0.05, 0.1) is 11.8 Å². The van der Waals surface area contributed by atoms with Gasteiger partial charge in [0.2, 0.25) is 0 Å². The molecule has 6 nitrogen and oxygen atoms in total. The number of likely N-dealkylation sites (tertiary alicyclic amines) is 1. The monoisotopic (exact) mass is 376 g/mol. The Balaban J connectivity index is 1.35. The van der Waals surface area contributed by atoms with E-state index in [4.69, 9.17) is 0 Å². The molecule has 2 aliphatic rings. The van der Waals surface area contributed by atoms with Crippen molar-refractivity contribution in [3.8, 4) is 0 Å². The minimum Gasteiger partial charge on any atom is -0.391 e. The normalized spacial score (nSPS) is 21.8. The molecular weight excluding hydrogens is 352 g/mol. The van der Waals surface area contributed by atoms with Crippen molar-refractivity contribution in [2.45, 2.75) is 38.2 Å². The number of carbonyl (C=O) groups excluding carboxylic acids is 1. The Kier molecular flexibility index (Phi) is 4.36. The van der Waals surface area contributed by atoms with Crippen LogP contribution in [0.3, 0.4) is 0 Å². The molecule has 3 aromatic rings. The number of hydrogen-bond donors (Lipinski definition) is 2. The summed E-state index contributed by atoms with van der Waals surface area (Å²) in [5.74, 6) is -0.0302. The molecule has 0 radical (unpaired) electrons. The number of benzene rings is 1. The van der Waals surface area contributed by atoms with Gasteiger partial charge in [-0.25, -0.2) is 0 Å². The number of aliphatic hydroxyl groups is 1. The Labute approximate surface area is 163 Å². The van der Waals surface area contributed by atoms with Crippen LogP contribution in [-0.2, 0) is 19.3 Å². The third-order valence-corrected chi connectivity index (χ3v) is 6.13. The van der Waals surface area contributed by atoms with Crippen molar-refractivity contribution >= 4 is 16.8 Å². The number of carbonyl (C=O) groups is 1. The van der Waals surface area contributed by atoms with Gasteiger partial charge in [0, 0.05) is 59.8 Å². The first-order chi connectivity index (χ1) is 13.7. The maximum absolute atomic E-state index is 13.1. The number of aryl methyl sites for hydroxylation is 2. The van der Waals surface area contributed by atoms with E-state index < -0.39 is 6.10 Å². The number of amides is 1. The van der Waals surface area contributed by atoms with Gasteiger partial charge in [-0.05, 0) is 49.8 Å². The largest absolute Gasteiger partial charge is 0.391 e. The number of aromatic amines is 1. The zero-order valence-electron chi connectivity index (χ0n) is 15.8. The van der Waals surface area contributed by atoms with E-state index in [-0.39, 0.29) is 11.8 Å². The molecule has 1 fully saturated rings. The first kappa shape index (κ1) is 17.4. The van der Waals surface area contributed by atoms with Crippen molar-refractivity contribution in [2.75, 3.05) is 13.1 Å². The highest BCUT2D eigenvalue weighted by atomic mass is 16.3. The molecule has 2 aromatic heterocycles. The molecule has 6 heteroatoms. The van der Waals surface area contributed by atoms with Crippen LogP contribution < -0.4 is 0 Å². The predicted octanol–water partition coefficient (Wildman–Crippen LogP) is 2.51. The van der Waals surface area contributed by atoms with Gasteiger partial charge in [0.1, 0.15) is 0 Å². The number of nitrogens with zero attached hydrogens (tertiary/aromatic N) is 3. The van der Waals surface area contributed by atoms with Gasteiger partial charge in [-0.15, -0.1) is 0 Å². The van der Waals surface area contributed by atoms with Crippen molar-refractivity contribution in [3.63, 3.8) is 0 Å². The molecule has 0 unspecified atom stereocenters. The van der Waals surface area contributed by atoms with Crippen molar-refractivity contribution in [1.29, 1.82) is 0 Å². The van der Waals surface area contributed by atoms with Gasteiger partial charge in [-0.1, -0.05) is 6.07 Å². The van der Waals surface area contributed by atoms with Crippen LogP contribution in [-0.4, -0.2) is 50.1 Å². The molecule has 1 saturated heterocycles. The number of nitrogens with one attached hydrogen (secondary N) is 1. The predicted molar refractivity (Wildman–Crippen MR) is 106 cm³/mol. The second-order valence-electron chi connectivity index (χ2n) is 7.99. The maximum Gasteiger partial charge on any atom is 0.254 e. The second kappa shape index (κ2) is 7.02.